The third-order valence-corrected chi connectivity index (χ3v) is 7.57. The number of allylic oxidation sites excluding steroid dienone is 3. The van der Waals surface area contributed by atoms with Crippen molar-refractivity contribution in [3.05, 3.63) is 74.8 Å². The van der Waals surface area contributed by atoms with E-state index < -0.39 is 0 Å². The standard InChI is InChI=1S/C26H29N3O3S/c1-17-23(26(31)28-19-6-3-2-4-7-19)25(24-20(27-17)8-5-9-21(24)30)22-14-18(16-33-22)15-29-10-12-32-13-11-29/h2-4,6-7,14,16,25,27H,5,8-13,15H2,1H3,(H,28,31)/t25-/m1/s1. The number of morpholine rings is 1. The van der Waals surface area contributed by atoms with Crippen LogP contribution in [0.15, 0.2) is 64.3 Å². The molecule has 5 rings (SSSR count). The van der Waals surface area contributed by atoms with Crippen LogP contribution >= 0.6 is 11.3 Å². The predicted octanol–water partition coefficient (Wildman–Crippen LogP) is 4.19. The van der Waals surface area contributed by atoms with E-state index in [9.17, 15) is 9.59 Å². The number of Topliss-reactive ketones (excluding diaryl/α,β-unsaturated/α-hetero) is 1. The number of ether oxygens (including phenoxy) is 1. The van der Waals surface area contributed by atoms with Crippen LogP contribution in [0.4, 0.5) is 5.69 Å². The summed E-state index contributed by atoms with van der Waals surface area (Å²) in [5.74, 6) is -0.347. The molecule has 1 fully saturated rings. The average Bonchev–Trinajstić information content (AvgIpc) is 3.27. The molecular weight excluding hydrogens is 434 g/mol. The van der Waals surface area contributed by atoms with Crippen molar-refractivity contribution in [2.24, 2.45) is 0 Å². The van der Waals surface area contributed by atoms with Gasteiger partial charge in [-0.2, -0.15) is 0 Å². The Morgan fingerprint density at radius 3 is 2.79 bits per heavy atom. The van der Waals surface area contributed by atoms with Gasteiger partial charge in [-0.3, -0.25) is 14.5 Å². The molecule has 7 heteroatoms. The van der Waals surface area contributed by atoms with Gasteiger partial charge in [0.05, 0.1) is 19.1 Å². The zero-order valence-corrected chi connectivity index (χ0v) is 19.7. The molecule has 172 valence electrons. The number of ketones is 1. The fourth-order valence-corrected chi connectivity index (χ4v) is 5.96. The molecular formula is C26H29N3O3S. The number of carbonyl (C=O) groups excluding carboxylic acids is 2. The lowest BCUT2D eigenvalue weighted by molar-refractivity contribution is -0.116. The van der Waals surface area contributed by atoms with Gasteiger partial charge < -0.3 is 15.4 Å². The maximum Gasteiger partial charge on any atom is 0.254 e. The summed E-state index contributed by atoms with van der Waals surface area (Å²) in [7, 11) is 0. The predicted molar refractivity (Wildman–Crippen MR) is 130 cm³/mol. The minimum absolute atomic E-state index is 0.148. The van der Waals surface area contributed by atoms with E-state index in [1.807, 2.05) is 37.3 Å². The maximum absolute atomic E-state index is 13.5. The molecule has 3 aliphatic rings. The van der Waals surface area contributed by atoms with Crippen LogP contribution in [0.1, 0.15) is 42.5 Å². The lowest BCUT2D eigenvalue weighted by Crippen LogP contribution is -2.35. The van der Waals surface area contributed by atoms with Crippen LogP contribution in [0.3, 0.4) is 0 Å². The third-order valence-electron chi connectivity index (χ3n) is 6.52. The molecule has 0 radical (unpaired) electrons. The van der Waals surface area contributed by atoms with Crippen molar-refractivity contribution in [2.75, 3.05) is 31.6 Å². The van der Waals surface area contributed by atoms with E-state index in [2.05, 4.69) is 27.0 Å². The first-order valence-electron chi connectivity index (χ1n) is 11.6. The van der Waals surface area contributed by atoms with Crippen LogP contribution in [0.25, 0.3) is 0 Å². The summed E-state index contributed by atoms with van der Waals surface area (Å²) in [6.07, 6.45) is 2.23. The van der Waals surface area contributed by atoms with E-state index in [1.54, 1.807) is 11.3 Å². The van der Waals surface area contributed by atoms with E-state index in [4.69, 9.17) is 4.74 Å². The van der Waals surface area contributed by atoms with E-state index >= 15 is 0 Å². The van der Waals surface area contributed by atoms with Crippen LogP contribution in [0.5, 0.6) is 0 Å². The second-order valence-corrected chi connectivity index (χ2v) is 9.77. The molecule has 6 nitrogen and oxygen atoms in total. The Labute approximate surface area is 198 Å². The summed E-state index contributed by atoms with van der Waals surface area (Å²) < 4.78 is 5.47. The number of dihydropyridines is 1. The van der Waals surface area contributed by atoms with Gasteiger partial charge in [-0.1, -0.05) is 18.2 Å². The van der Waals surface area contributed by atoms with Gasteiger partial charge in [0.25, 0.3) is 5.91 Å². The second-order valence-electron chi connectivity index (χ2n) is 8.83. The summed E-state index contributed by atoms with van der Waals surface area (Å²) in [5, 5.41) is 8.60. The molecule has 1 aliphatic carbocycles. The third kappa shape index (κ3) is 4.67. The summed E-state index contributed by atoms with van der Waals surface area (Å²) >= 11 is 1.65. The van der Waals surface area contributed by atoms with E-state index in [-0.39, 0.29) is 17.6 Å². The highest BCUT2D eigenvalue weighted by molar-refractivity contribution is 7.10. The monoisotopic (exact) mass is 463 g/mol. The number of nitrogens with one attached hydrogen (secondary N) is 2. The molecule has 33 heavy (non-hydrogen) atoms. The number of thiophene rings is 1. The number of anilines is 1. The first-order valence-corrected chi connectivity index (χ1v) is 12.5. The van der Waals surface area contributed by atoms with Crippen molar-refractivity contribution in [1.29, 1.82) is 0 Å². The summed E-state index contributed by atoms with van der Waals surface area (Å²) in [6.45, 7) is 6.19. The Morgan fingerprint density at radius 2 is 2.00 bits per heavy atom. The van der Waals surface area contributed by atoms with Gasteiger partial charge in [0.15, 0.2) is 5.78 Å². The van der Waals surface area contributed by atoms with Gasteiger partial charge in [0.1, 0.15) is 0 Å². The van der Waals surface area contributed by atoms with Crippen molar-refractivity contribution in [1.82, 2.24) is 10.2 Å². The zero-order chi connectivity index (χ0) is 22.8. The Hall–Kier alpha value is -2.74. The van der Waals surface area contributed by atoms with Gasteiger partial charge in [-0.05, 0) is 48.9 Å². The number of benzene rings is 1. The lowest BCUT2D eigenvalue weighted by atomic mass is 9.77. The van der Waals surface area contributed by atoms with Gasteiger partial charge in [0, 0.05) is 59.2 Å². The van der Waals surface area contributed by atoms with Crippen LogP contribution in [0, 0.1) is 0 Å². The summed E-state index contributed by atoms with van der Waals surface area (Å²) in [5.41, 5.74) is 5.17. The molecule has 1 saturated heterocycles. The van der Waals surface area contributed by atoms with Gasteiger partial charge in [-0.15, -0.1) is 11.3 Å². The number of nitrogens with zero attached hydrogens (tertiary/aromatic N) is 1. The Bertz CT molecular complexity index is 1110. The minimum atomic E-state index is -0.332. The Balaban J connectivity index is 1.48. The molecule has 0 bridgehead atoms. The zero-order valence-electron chi connectivity index (χ0n) is 18.9. The summed E-state index contributed by atoms with van der Waals surface area (Å²) in [6, 6.07) is 11.7. The van der Waals surface area contributed by atoms with Crippen molar-refractivity contribution in [3.8, 4) is 0 Å². The molecule has 2 N–H and O–H groups in total. The highest BCUT2D eigenvalue weighted by Gasteiger charge is 2.39. The summed E-state index contributed by atoms with van der Waals surface area (Å²) in [4.78, 5) is 30.0. The highest BCUT2D eigenvalue weighted by atomic mass is 32.1. The highest BCUT2D eigenvalue weighted by Crippen LogP contribution is 2.44. The first kappa shape index (κ1) is 22.1. The van der Waals surface area contributed by atoms with Crippen LogP contribution in [0.2, 0.25) is 0 Å². The number of para-hydroxylation sites is 1. The molecule has 1 amide bonds. The SMILES string of the molecule is CC1=C(C(=O)Nc2ccccc2)[C@@H](c2cc(CN3CCOCC3)cs2)C2=C(CCCC2=O)N1. The number of hydrogen-bond donors (Lipinski definition) is 2. The molecule has 0 saturated carbocycles. The van der Waals surface area contributed by atoms with E-state index in [0.29, 0.717) is 12.0 Å². The minimum Gasteiger partial charge on any atom is -0.379 e. The Kier molecular flexibility index (Phi) is 6.44. The number of carbonyl (C=O) groups is 2. The fraction of sp³-hybridized carbons (Fsp3) is 0.385. The number of hydrogen-bond acceptors (Lipinski definition) is 6. The van der Waals surface area contributed by atoms with E-state index in [0.717, 1.165) is 73.2 Å². The molecule has 0 spiro atoms. The van der Waals surface area contributed by atoms with Gasteiger partial charge in [-0.25, -0.2) is 0 Å². The molecule has 0 unspecified atom stereocenters. The molecule has 1 aromatic heterocycles. The van der Waals surface area contributed by atoms with Gasteiger partial charge >= 0.3 is 0 Å². The van der Waals surface area contributed by atoms with Crippen LogP contribution < -0.4 is 10.6 Å². The van der Waals surface area contributed by atoms with Crippen molar-refractivity contribution in [3.63, 3.8) is 0 Å². The molecule has 2 aliphatic heterocycles. The average molecular weight is 464 g/mol. The quantitative estimate of drug-likeness (QED) is 0.696. The van der Waals surface area contributed by atoms with Crippen molar-refractivity contribution < 1.29 is 14.3 Å². The fourth-order valence-electron chi connectivity index (χ4n) is 4.93. The number of rotatable bonds is 5. The largest absolute Gasteiger partial charge is 0.379 e. The molecule has 1 aromatic carbocycles. The lowest BCUT2D eigenvalue weighted by Gasteiger charge is -2.34. The topological polar surface area (TPSA) is 70.7 Å². The number of amides is 1. The molecule has 1 atom stereocenters. The first-order chi connectivity index (χ1) is 16.1. The Morgan fingerprint density at radius 1 is 1.21 bits per heavy atom. The van der Waals surface area contributed by atoms with Gasteiger partial charge in [0.2, 0.25) is 0 Å². The van der Waals surface area contributed by atoms with Crippen molar-refractivity contribution in [2.45, 2.75) is 38.6 Å². The van der Waals surface area contributed by atoms with Crippen LogP contribution in [-0.4, -0.2) is 42.9 Å². The normalized spacial score (nSPS) is 21.6. The molecule has 3 heterocycles. The smallest absolute Gasteiger partial charge is 0.254 e. The molecule has 2 aromatic rings. The second kappa shape index (κ2) is 9.63. The van der Waals surface area contributed by atoms with Crippen molar-refractivity contribution >= 4 is 28.7 Å². The van der Waals surface area contributed by atoms with Crippen LogP contribution in [-0.2, 0) is 20.9 Å². The van der Waals surface area contributed by atoms with E-state index in [1.165, 1.54) is 5.56 Å². The maximum atomic E-state index is 13.5.